The monoisotopic (exact) mass is 249 g/mol. The molecule has 0 N–H and O–H groups in total. The summed E-state index contributed by atoms with van der Waals surface area (Å²) in [5, 5.41) is 0. The molecular weight excluding hydrogens is 233 g/mol. The predicted octanol–water partition coefficient (Wildman–Crippen LogP) is 2.45. The van der Waals surface area contributed by atoms with E-state index in [0.717, 1.165) is 29.8 Å². The average Bonchev–Trinajstić information content (AvgIpc) is 2.46. The van der Waals surface area contributed by atoms with Crippen molar-refractivity contribution in [1.29, 1.82) is 0 Å². The van der Waals surface area contributed by atoms with Crippen LogP contribution < -0.4 is 0 Å². The molecule has 1 aliphatic heterocycles. The molecule has 2 rings (SSSR count). The van der Waals surface area contributed by atoms with E-state index in [2.05, 4.69) is 20.8 Å². The number of rotatable bonds is 2. The zero-order chi connectivity index (χ0) is 9.26. The molecule has 0 spiro atoms. The van der Waals surface area contributed by atoms with Gasteiger partial charge in [-0.3, -0.25) is 0 Å². The molecule has 0 aromatic rings. The van der Waals surface area contributed by atoms with Crippen LogP contribution in [0.4, 0.5) is 4.39 Å². The number of fused-ring (bicyclic) bond motifs is 1. The molecule has 3 atom stereocenters. The molecule has 3 unspecified atom stereocenters. The van der Waals surface area contributed by atoms with Crippen LogP contribution in [0.25, 0.3) is 0 Å². The summed E-state index contributed by atoms with van der Waals surface area (Å²) >= 11 is 3.69. The molecule has 2 aliphatic rings. The molecule has 13 heavy (non-hydrogen) atoms. The van der Waals surface area contributed by atoms with E-state index >= 15 is 0 Å². The molecule has 1 heterocycles. The van der Waals surface area contributed by atoms with Gasteiger partial charge in [0.25, 0.3) is 0 Å². The minimum absolute atomic E-state index is 0.183. The molecule has 0 radical (unpaired) electrons. The summed E-state index contributed by atoms with van der Waals surface area (Å²) in [4.78, 5) is 3.01. The van der Waals surface area contributed by atoms with Crippen LogP contribution in [-0.2, 0) is 0 Å². The molecule has 0 aromatic carbocycles. The number of hydrogen-bond donors (Lipinski definition) is 0. The predicted molar refractivity (Wildman–Crippen MR) is 56.0 cm³/mol. The van der Waals surface area contributed by atoms with Gasteiger partial charge in [-0.1, -0.05) is 15.9 Å². The summed E-state index contributed by atoms with van der Waals surface area (Å²) < 4.78 is 12.1. The highest BCUT2D eigenvalue weighted by atomic mass is 79.9. The Hall–Kier alpha value is 0.370. The second-order valence-corrected chi connectivity index (χ2v) is 5.67. The lowest BCUT2D eigenvalue weighted by Crippen LogP contribution is -2.23. The molecule has 2 fully saturated rings. The van der Waals surface area contributed by atoms with E-state index in [1.54, 1.807) is 0 Å². The summed E-state index contributed by atoms with van der Waals surface area (Å²) in [6.45, 7) is 2.75. The van der Waals surface area contributed by atoms with Gasteiger partial charge in [0.1, 0.15) is 6.67 Å². The number of likely N-dealkylation sites (tertiary alicyclic amines) is 1. The minimum Gasteiger partial charge on any atom is -0.300 e. The van der Waals surface area contributed by atoms with Crippen molar-refractivity contribution < 1.29 is 4.39 Å². The number of alkyl halides is 2. The van der Waals surface area contributed by atoms with E-state index < -0.39 is 0 Å². The first-order valence-corrected chi connectivity index (χ1v) is 6.13. The SMILES string of the molecule is FCCN1CC2CCC(Br)CC2C1. The molecule has 1 saturated carbocycles. The fourth-order valence-electron chi connectivity index (χ4n) is 2.77. The first-order chi connectivity index (χ1) is 6.29. The van der Waals surface area contributed by atoms with Gasteiger partial charge in [0.15, 0.2) is 0 Å². The van der Waals surface area contributed by atoms with Gasteiger partial charge in [-0.05, 0) is 31.1 Å². The Kier molecular flexibility index (Phi) is 3.25. The maximum absolute atomic E-state index is 12.1. The van der Waals surface area contributed by atoms with Crippen LogP contribution in [0.3, 0.4) is 0 Å². The minimum atomic E-state index is -0.183. The van der Waals surface area contributed by atoms with Crippen molar-refractivity contribution in [2.24, 2.45) is 11.8 Å². The highest BCUT2D eigenvalue weighted by Gasteiger charge is 2.36. The van der Waals surface area contributed by atoms with Crippen LogP contribution in [0.5, 0.6) is 0 Å². The summed E-state index contributed by atoms with van der Waals surface area (Å²) in [7, 11) is 0. The average molecular weight is 250 g/mol. The highest BCUT2D eigenvalue weighted by Crippen LogP contribution is 2.38. The second kappa shape index (κ2) is 4.26. The van der Waals surface area contributed by atoms with E-state index in [4.69, 9.17) is 0 Å². The Morgan fingerprint density at radius 1 is 1.23 bits per heavy atom. The van der Waals surface area contributed by atoms with E-state index in [1.165, 1.54) is 19.3 Å². The van der Waals surface area contributed by atoms with Crippen molar-refractivity contribution in [2.45, 2.75) is 24.1 Å². The van der Waals surface area contributed by atoms with Crippen LogP contribution in [0.1, 0.15) is 19.3 Å². The fraction of sp³-hybridized carbons (Fsp3) is 1.00. The van der Waals surface area contributed by atoms with Gasteiger partial charge in [0.2, 0.25) is 0 Å². The van der Waals surface area contributed by atoms with Gasteiger partial charge in [-0.25, -0.2) is 4.39 Å². The molecule has 1 saturated heterocycles. The van der Waals surface area contributed by atoms with Crippen LogP contribution in [0.15, 0.2) is 0 Å². The smallest absolute Gasteiger partial charge is 0.102 e. The Labute approximate surface area is 87.8 Å². The Balaban J connectivity index is 1.87. The van der Waals surface area contributed by atoms with Gasteiger partial charge in [0.05, 0.1) is 0 Å². The summed E-state index contributed by atoms with van der Waals surface area (Å²) in [6.07, 6.45) is 3.95. The van der Waals surface area contributed by atoms with Gasteiger partial charge in [-0.2, -0.15) is 0 Å². The zero-order valence-electron chi connectivity index (χ0n) is 7.88. The van der Waals surface area contributed by atoms with Crippen LogP contribution in [-0.4, -0.2) is 36.0 Å². The molecule has 76 valence electrons. The van der Waals surface area contributed by atoms with Crippen LogP contribution >= 0.6 is 15.9 Å². The Morgan fingerprint density at radius 3 is 2.77 bits per heavy atom. The van der Waals surface area contributed by atoms with Crippen molar-refractivity contribution in [1.82, 2.24) is 4.90 Å². The lowest BCUT2D eigenvalue weighted by atomic mass is 9.82. The van der Waals surface area contributed by atoms with Gasteiger partial charge in [0, 0.05) is 24.5 Å². The van der Waals surface area contributed by atoms with Crippen molar-refractivity contribution in [3.8, 4) is 0 Å². The standard InChI is InChI=1S/C10H17BrFN/c11-10-2-1-8-6-13(4-3-12)7-9(8)5-10/h8-10H,1-7H2. The van der Waals surface area contributed by atoms with Gasteiger partial charge >= 0.3 is 0 Å². The van der Waals surface area contributed by atoms with E-state index in [-0.39, 0.29) is 6.67 Å². The normalized spacial score (nSPS) is 40.6. The van der Waals surface area contributed by atoms with Crippen LogP contribution in [0.2, 0.25) is 0 Å². The van der Waals surface area contributed by atoms with E-state index in [9.17, 15) is 4.39 Å². The summed E-state index contributed by atoms with van der Waals surface area (Å²) in [5.41, 5.74) is 0. The lowest BCUT2D eigenvalue weighted by Gasteiger charge is -2.27. The fourth-order valence-corrected chi connectivity index (χ4v) is 3.52. The Morgan fingerprint density at radius 2 is 2.00 bits per heavy atom. The topological polar surface area (TPSA) is 3.24 Å². The number of halogens is 2. The van der Waals surface area contributed by atoms with Crippen molar-refractivity contribution in [3.05, 3.63) is 0 Å². The molecule has 0 aromatic heterocycles. The molecular formula is C10H17BrFN. The van der Waals surface area contributed by atoms with Crippen molar-refractivity contribution >= 4 is 15.9 Å². The van der Waals surface area contributed by atoms with Crippen molar-refractivity contribution in [2.75, 3.05) is 26.3 Å². The number of nitrogens with zero attached hydrogens (tertiary/aromatic N) is 1. The highest BCUT2D eigenvalue weighted by molar-refractivity contribution is 9.09. The Bertz CT molecular complexity index is 176. The van der Waals surface area contributed by atoms with E-state index in [0.29, 0.717) is 6.54 Å². The first kappa shape index (κ1) is 9.91. The molecule has 1 aliphatic carbocycles. The molecule has 0 amide bonds. The first-order valence-electron chi connectivity index (χ1n) is 5.22. The third-order valence-corrected chi connectivity index (χ3v) is 4.29. The molecule has 0 bridgehead atoms. The van der Waals surface area contributed by atoms with Gasteiger partial charge < -0.3 is 4.90 Å². The quantitative estimate of drug-likeness (QED) is 0.680. The summed E-state index contributed by atoms with van der Waals surface area (Å²) in [6, 6.07) is 0. The van der Waals surface area contributed by atoms with Crippen molar-refractivity contribution in [3.63, 3.8) is 0 Å². The lowest BCUT2D eigenvalue weighted by molar-refractivity contribution is 0.285. The third-order valence-electron chi connectivity index (χ3n) is 3.46. The molecule has 1 nitrogen and oxygen atoms in total. The van der Waals surface area contributed by atoms with Gasteiger partial charge in [-0.15, -0.1) is 0 Å². The zero-order valence-corrected chi connectivity index (χ0v) is 9.47. The van der Waals surface area contributed by atoms with Crippen LogP contribution in [0, 0.1) is 11.8 Å². The maximum atomic E-state index is 12.1. The van der Waals surface area contributed by atoms with E-state index in [1.807, 2.05) is 0 Å². The summed E-state index contributed by atoms with van der Waals surface area (Å²) in [5.74, 6) is 1.70. The molecule has 3 heteroatoms. The maximum Gasteiger partial charge on any atom is 0.102 e. The number of hydrogen-bond acceptors (Lipinski definition) is 1. The third kappa shape index (κ3) is 2.24. The largest absolute Gasteiger partial charge is 0.300 e. The second-order valence-electron chi connectivity index (χ2n) is 4.38.